The summed E-state index contributed by atoms with van der Waals surface area (Å²) in [6.45, 7) is 3.11. The van der Waals surface area contributed by atoms with Crippen molar-refractivity contribution < 1.29 is 49.0 Å². The number of hydrogen-bond acceptors (Lipinski definition) is 10. The fraction of sp³-hybridized carbons (Fsp3) is 0.129. The number of esters is 1. The van der Waals surface area contributed by atoms with E-state index < -0.39 is 44.6 Å². The van der Waals surface area contributed by atoms with Gasteiger partial charge in [0.2, 0.25) is 0 Å². The SMILES string of the molecule is Cc1cc(Cc2ccc(OC(=O)c3cc([N+](=O)[O-])ccc3C(=O)O)c(C)c2)ccc1OOCc1cc([N+](=O)[O-])ccc1C(=O)O. The summed E-state index contributed by atoms with van der Waals surface area (Å²) in [6.07, 6.45) is 0.473. The van der Waals surface area contributed by atoms with Crippen molar-refractivity contribution >= 4 is 29.3 Å². The first-order valence-corrected chi connectivity index (χ1v) is 13.1. The van der Waals surface area contributed by atoms with Crippen molar-refractivity contribution in [1.29, 1.82) is 0 Å². The molecule has 4 rings (SSSR count). The van der Waals surface area contributed by atoms with Gasteiger partial charge < -0.3 is 19.8 Å². The maximum Gasteiger partial charge on any atom is 0.344 e. The van der Waals surface area contributed by atoms with Crippen LogP contribution < -0.4 is 9.62 Å². The Morgan fingerprint density at radius 1 is 0.689 bits per heavy atom. The molecule has 14 heteroatoms. The molecule has 0 aliphatic carbocycles. The normalized spacial score (nSPS) is 10.6. The molecule has 0 spiro atoms. The number of nitro benzene ring substituents is 2. The summed E-state index contributed by atoms with van der Waals surface area (Å²) >= 11 is 0. The number of aromatic carboxylic acids is 2. The largest absolute Gasteiger partial charge is 0.478 e. The van der Waals surface area contributed by atoms with Gasteiger partial charge in [0.1, 0.15) is 12.4 Å². The highest BCUT2D eigenvalue weighted by molar-refractivity contribution is 6.03. The molecule has 45 heavy (non-hydrogen) atoms. The summed E-state index contributed by atoms with van der Waals surface area (Å²) in [4.78, 5) is 67.1. The van der Waals surface area contributed by atoms with Crippen LogP contribution in [0.2, 0.25) is 0 Å². The molecular weight excluding hydrogens is 592 g/mol. The molecule has 0 aliphatic rings. The smallest absolute Gasteiger partial charge is 0.344 e. The standard InChI is InChI=1S/C31H24N2O12/c1-17-11-19(3-9-27(17)44-31(38)26-15-23(33(41)42)6-8-25(26)30(36)37)13-20-4-10-28(18(2)12-20)45-43-16-21-14-22(32(39)40)5-7-24(21)29(34)35/h3-12,14-15H,13,16H2,1-2H3,(H,34,35)(H,36,37). The average molecular weight is 617 g/mol. The Hall–Kier alpha value is -6.15. The van der Waals surface area contributed by atoms with Crippen molar-refractivity contribution in [2.45, 2.75) is 26.9 Å². The fourth-order valence-electron chi connectivity index (χ4n) is 4.42. The number of hydrogen-bond donors (Lipinski definition) is 2. The van der Waals surface area contributed by atoms with Crippen LogP contribution in [0, 0.1) is 34.1 Å². The minimum atomic E-state index is -1.43. The molecular formula is C31H24N2O12. The van der Waals surface area contributed by atoms with Gasteiger partial charge in [0.25, 0.3) is 11.4 Å². The second-order valence-electron chi connectivity index (χ2n) is 9.81. The van der Waals surface area contributed by atoms with Crippen LogP contribution in [0.15, 0.2) is 72.8 Å². The van der Waals surface area contributed by atoms with E-state index in [0.717, 1.165) is 47.5 Å². The summed E-state index contributed by atoms with van der Waals surface area (Å²) in [5.74, 6) is -3.25. The van der Waals surface area contributed by atoms with Crippen molar-refractivity contribution in [3.63, 3.8) is 0 Å². The Morgan fingerprint density at radius 3 is 1.76 bits per heavy atom. The molecule has 4 aromatic carbocycles. The van der Waals surface area contributed by atoms with Gasteiger partial charge in [-0.05, 0) is 66.8 Å². The van der Waals surface area contributed by atoms with Crippen molar-refractivity contribution in [3.8, 4) is 11.5 Å². The molecule has 230 valence electrons. The van der Waals surface area contributed by atoms with Gasteiger partial charge in [0.05, 0.1) is 26.5 Å². The van der Waals surface area contributed by atoms with Crippen LogP contribution >= 0.6 is 0 Å². The molecule has 0 fully saturated rings. The Morgan fingerprint density at radius 2 is 1.22 bits per heavy atom. The first kappa shape index (κ1) is 31.8. The topological polar surface area (TPSA) is 206 Å². The molecule has 0 atom stereocenters. The molecule has 0 radical (unpaired) electrons. The number of carboxylic acids is 2. The summed E-state index contributed by atoms with van der Waals surface area (Å²) < 4.78 is 5.38. The first-order chi connectivity index (χ1) is 21.3. The number of nitro groups is 2. The summed E-state index contributed by atoms with van der Waals surface area (Å²) in [6, 6.07) is 16.5. The maximum absolute atomic E-state index is 12.8. The molecule has 0 heterocycles. The average Bonchev–Trinajstić information content (AvgIpc) is 2.99. The quantitative estimate of drug-likeness (QED) is 0.0633. The van der Waals surface area contributed by atoms with Crippen LogP contribution in [0.4, 0.5) is 11.4 Å². The number of benzene rings is 4. The fourth-order valence-corrected chi connectivity index (χ4v) is 4.42. The van der Waals surface area contributed by atoms with Gasteiger partial charge in [-0.3, -0.25) is 20.2 Å². The molecule has 2 N–H and O–H groups in total. The van der Waals surface area contributed by atoms with E-state index in [4.69, 9.17) is 14.5 Å². The maximum atomic E-state index is 12.8. The lowest BCUT2D eigenvalue weighted by atomic mass is 10.0. The zero-order chi connectivity index (χ0) is 32.8. The summed E-state index contributed by atoms with van der Waals surface area (Å²) in [5, 5.41) is 40.9. The minimum absolute atomic E-state index is 0.0721. The molecule has 4 aromatic rings. The number of aryl methyl sites for hydroxylation is 2. The van der Waals surface area contributed by atoms with E-state index in [2.05, 4.69) is 0 Å². The van der Waals surface area contributed by atoms with Crippen LogP contribution in [0.25, 0.3) is 0 Å². The second kappa shape index (κ2) is 13.4. The lowest BCUT2D eigenvalue weighted by molar-refractivity contribution is -0.385. The van der Waals surface area contributed by atoms with E-state index in [9.17, 15) is 44.8 Å². The zero-order valence-electron chi connectivity index (χ0n) is 23.7. The van der Waals surface area contributed by atoms with Crippen molar-refractivity contribution in [1.82, 2.24) is 0 Å². The molecule has 0 bridgehead atoms. The molecule has 0 unspecified atom stereocenters. The summed E-state index contributed by atoms with van der Waals surface area (Å²) in [7, 11) is 0. The third kappa shape index (κ3) is 7.63. The third-order valence-electron chi connectivity index (χ3n) is 6.65. The van der Waals surface area contributed by atoms with Crippen LogP contribution in [0.5, 0.6) is 11.5 Å². The predicted molar refractivity (Wildman–Crippen MR) is 156 cm³/mol. The zero-order valence-corrected chi connectivity index (χ0v) is 23.7. The highest BCUT2D eigenvalue weighted by Crippen LogP contribution is 2.27. The highest BCUT2D eigenvalue weighted by Gasteiger charge is 2.23. The van der Waals surface area contributed by atoms with Crippen LogP contribution in [-0.4, -0.2) is 38.0 Å². The Labute approximate surface area is 254 Å². The lowest BCUT2D eigenvalue weighted by Gasteiger charge is -2.12. The molecule has 0 saturated carbocycles. The van der Waals surface area contributed by atoms with E-state index in [0.29, 0.717) is 23.3 Å². The number of carbonyl (C=O) groups excluding carboxylic acids is 1. The number of rotatable bonds is 12. The Kier molecular flexibility index (Phi) is 9.49. The van der Waals surface area contributed by atoms with Crippen molar-refractivity contribution in [2.75, 3.05) is 0 Å². The van der Waals surface area contributed by atoms with Crippen molar-refractivity contribution in [3.05, 3.63) is 138 Å². The number of carboxylic acid groups (broad SMARTS) is 2. The lowest BCUT2D eigenvalue weighted by Crippen LogP contribution is -2.15. The monoisotopic (exact) mass is 616 g/mol. The minimum Gasteiger partial charge on any atom is -0.478 e. The van der Waals surface area contributed by atoms with Gasteiger partial charge >= 0.3 is 17.9 Å². The molecule has 0 aliphatic heterocycles. The van der Waals surface area contributed by atoms with Crippen LogP contribution in [0.1, 0.15) is 58.9 Å². The first-order valence-electron chi connectivity index (χ1n) is 13.1. The van der Waals surface area contributed by atoms with E-state index >= 15 is 0 Å². The predicted octanol–water partition coefficient (Wildman–Crippen LogP) is 5.84. The van der Waals surface area contributed by atoms with Gasteiger partial charge in [0.15, 0.2) is 5.75 Å². The number of non-ortho nitro benzene ring substituents is 2. The van der Waals surface area contributed by atoms with Crippen LogP contribution in [-0.2, 0) is 17.9 Å². The molecule has 0 amide bonds. The van der Waals surface area contributed by atoms with E-state index in [-0.39, 0.29) is 29.2 Å². The van der Waals surface area contributed by atoms with Gasteiger partial charge in [-0.2, -0.15) is 4.89 Å². The van der Waals surface area contributed by atoms with E-state index in [1.54, 1.807) is 38.1 Å². The Balaban J connectivity index is 1.42. The van der Waals surface area contributed by atoms with Gasteiger partial charge in [-0.1, -0.05) is 24.3 Å². The number of ether oxygens (including phenoxy) is 1. The van der Waals surface area contributed by atoms with Gasteiger partial charge in [0, 0.05) is 29.8 Å². The highest BCUT2D eigenvalue weighted by atomic mass is 17.2. The number of nitrogens with zero attached hydrogens (tertiary/aromatic N) is 2. The van der Waals surface area contributed by atoms with E-state index in [1.165, 1.54) is 6.07 Å². The van der Waals surface area contributed by atoms with Gasteiger partial charge in [-0.15, -0.1) is 0 Å². The Bertz CT molecular complexity index is 1850. The molecule has 14 nitrogen and oxygen atoms in total. The molecule has 0 aromatic heterocycles. The second-order valence-corrected chi connectivity index (χ2v) is 9.81. The van der Waals surface area contributed by atoms with Gasteiger partial charge in [-0.25, -0.2) is 14.4 Å². The third-order valence-corrected chi connectivity index (χ3v) is 6.65. The van der Waals surface area contributed by atoms with E-state index in [1.807, 2.05) is 6.07 Å². The van der Waals surface area contributed by atoms with Crippen molar-refractivity contribution in [2.24, 2.45) is 0 Å². The number of carbonyl (C=O) groups is 3. The molecule has 0 saturated heterocycles. The summed E-state index contributed by atoms with van der Waals surface area (Å²) in [5.41, 5.74) is 1.31. The van der Waals surface area contributed by atoms with Crippen LogP contribution in [0.3, 0.4) is 0 Å².